The van der Waals surface area contributed by atoms with Gasteiger partial charge in [0, 0.05) is 10.6 Å². The van der Waals surface area contributed by atoms with Crippen molar-refractivity contribution in [3.63, 3.8) is 0 Å². The monoisotopic (exact) mass is 394 g/mol. The molecule has 2 heteroatoms. The van der Waals surface area contributed by atoms with Crippen LogP contribution in [0.25, 0.3) is 23.3 Å². The minimum absolute atomic E-state index is 0.674. The molecule has 0 atom stereocenters. The van der Waals surface area contributed by atoms with Crippen LogP contribution >= 0.6 is 11.6 Å². The minimum Gasteiger partial charge on any atom is -0.376 e. The summed E-state index contributed by atoms with van der Waals surface area (Å²) in [7, 11) is 0. The fourth-order valence-corrected chi connectivity index (χ4v) is 4.46. The highest BCUT2D eigenvalue weighted by Gasteiger charge is 2.39. The van der Waals surface area contributed by atoms with E-state index in [1.165, 1.54) is 0 Å². The molecule has 0 bridgehead atoms. The van der Waals surface area contributed by atoms with Gasteiger partial charge in [-0.25, -0.2) is 0 Å². The Morgan fingerprint density at radius 1 is 0.586 bits per heavy atom. The van der Waals surface area contributed by atoms with Crippen molar-refractivity contribution in [3.8, 4) is 11.1 Å². The van der Waals surface area contributed by atoms with Crippen LogP contribution in [0.15, 0.2) is 97.1 Å². The number of aliphatic hydroxyl groups is 1. The minimum atomic E-state index is -1.30. The van der Waals surface area contributed by atoms with Crippen molar-refractivity contribution in [3.05, 3.63) is 130 Å². The Hall–Kier alpha value is -3.13. The van der Waals surface area contributed by atoms with E-state index in [1.54, 1.807) is 0 Å². The predicted octanol–water partition coefficient (Wildman–Crippen LogP) is 6.78. The molecule has 0 aliphatic heterocycles. The second-order valence-electron chi connectivity index (χ2n) is 7.27. The lowest BCUT2D eigenvalue weighted by Crippen LogP contribution is -2.30. The molecule has 0 spiro atoms. The molecule has 5 rings (SSSR count). The van der Waals surface area contributed by atoms with Gasteiger partial charge < -0.3 is 5.11 Å². The van der Waals surface area contributed by atoms with E-state index in [1.807, 2.05) is 97.1 Å². The Balaban J connectivity index is 1.87. The van der Waals surface area contributed by atoms with Gasteiger partial charge in [-0.2, -0.15) is 0 Å². The third-order valence-electron chi connectivity index (χ3n) is 5.60. The van der Waals surface area contributed by atoms with Crippen LogP contribution in [0.3, 0.4) is 0 Å². The lowest BCUT2D eigenvalue weighted by atomic mass is 9.75. The summed E-state index contributed by atoms with van der Waals surface area (Å²) >= 11 is 6.28. The first-order valence-corrected chi connectivity index (χ1v) is 10.0. The highest BCUT2D eigenvalue weighted by Crippen LogP contribution is 2.46. The van der Waals surface area contributed by atoms with Crippen LogP contribution in [0, 0.1) is 0 Å². The molecule has 0 saturated carbocycles. The van der Waals surface area contributed by atoms with E-state index in [-0.39, 0.29) is 0 Å². The molecule has 0 aromatic heterocycles. The molecule has 4 aromatic carbocycles. The summed E-state index contributed by atoms with van der Waals surface area (Å²) in [5.74, 6) is 0. The van der Waals surface area contributed by atoms with Crippen LogP contribution in [-0.2, 0) is 5.60 Å². The fourth-order valence-electron chi connectivity index (χ4n) is 4.26. The van der Waals surface area contributed by atoms with Crippen LogP contribution in [0.2, 0.25) is 5.02 Å². The zero-order chi connectivity index (χ0) is 19.8. The summed E-state index contributed by atoms with van der Waals surface area (Å²) in [6.45, 7) is 0. The lowest BCUT2D eigenvalue weighted by molar-refractivity contribution is 0.126. The van der Waals surface area contributed by atoms with Crippen molar-refractivity contribution in [2.75, 3.05) is 0 Å². The molecule has 0 heterocycles. The number of halogens is 1. The van der Waals surface area contributed by atoms with E-state index in [0.717, 1.165) is 38.9 Å². The number of rotatable bonds is 2. The molecule has 29 heavy (non-hydrogen) atoms. The zero-order valence-corrected chi connectivity index (χ0v) is 16.5. The van der Waals surface area contributed by atoms with Crippen LogP contribution in [0.4, 0.5) is 0 Å². The van der Waals surface area contributed by atoms with Crippen molar-refractivity contribution < 1.29 is 5.11 Å². The van der Waals surface area contributed by atoms with E-state index in [4.69, 9.17) is 11.6 Å². The van der Waals surface area contributed by atoms with Gasteiger partial charge in [-0.1, -0.05) is 109 Å². The van der Waals surface area contributed by atoms with Gasteiger partial charge in [0.25, 0.3) is 0 Å². The molecule has 0 amide bonds. The van der Waals surface area contributed by atoms with E-state index >= 15 is 0 Å². The first-order chi connectivity index (χ1) is 14.2. The van der Waals surface area contributed by atoms with Gasteiger partial charge in [-0.05, 0) is 45.5 Å². The normalized spacial score (nSPS) is 14.0. The van der Waals surface area contributed by atoms with Gasteiger partial charge in [0.15, 0.2) is 0 Å². The first kappa shape index (κ1) is 17.9. The van der Waals surface area contributed by atoms with Crippen molar-refractivity contribution in [2.45, 2.75) is 5.60 Å². The SMILES string of the molecule is OC1(c2ccccc2-c2cccc(Cl)c2)c2ccccc2C=Cc2ccccc21. The third kappa shape index (κ3) is 2.91. The molecule has 0 unspecified atom stereocenters. The molecular formula is C27H19ClO. The van der Waals surface area contributed by atoms with E-state index in [2.05, 4.69) is 12.2 Å². The lowest BCUT2D eigenvalue weighted by Gasteiger charge is -2.33. The van der Waals surface area contributed by atoms with Gasteiger partial charge in [-0.3, -0.25) is 0 Å². The Kier molecular flexibility index (Phi) is 4.35. The molecule has 0 saturated heterocycles. The van der Waals surface area contributed by atoms with Crippen molar-refractivity contribution in [1.82, 2.24) is 0 Å². The molecule has 1 nitrogen and oxygen atoms in total. The molecule has 4 aromatic rings. The molecule has 0 fully saturated rings. The molecule has 140 valence electrons. The Bertz CT molecular complexity index is 1190. The number of hydrogen-bond acceptors (Lipinski definition) is 1. The van der Waals surface area contributed by atoms with Gasteiger partial charge in [0.1, 0.15) is 5.60 Å². The molecule has 1 aliphatic carbocycles. The van der Waals surface area contributed by atoms with E-state index in [0.29, 0.717) is 5.02 Å². The average molecular weight is 395 g/mol. The highest BCUT2D eigenvalue weighted by atomic mass is 35.5. The van der Waals surface area contributed by atoms with Gasteiger partial charge in [0.2, 0.25) is 0 Å². The summed E-state index contributed by atoms with van der Waals surface area (Å²) in [5.41, 5.74) is 5.24. The Labute approximate surface area is 175 Å². The summed E-state index contributed by atoms with van der Waals surface area (Å²) in [6, 6.07) is 31.9. The van der Waals surface area contributed by atoms with Gasteiger partial charge >= 0.3 is 0 Å². The van der Waals surface area contributed by atoms with Crippen LogP contribution < -0.4 is 0 Å². The largest absolute Gasteiger partial charge is 0.376 e. The summed E-state index contributed by atoms with van der Waals surface area (Å²) in [5, 5.41) is 13.1. The number of fused-ring (bicyclic) bond motifs is 2. The quantitative estimate of drug-likeness (QED) is 0.397. The number of hydrogen-bond donors (Lipinski definition) is 1. The average Bonchev–Trinajstić information content (AvgIpc) is 2.90. The van der Waals surface area contributed by atoms with E-state index < -0.39 is 5.60 Å². The highest BCUT2D eigenvalue weighted by molar-refractivity contribution is 6.30. The van der Waals surface area contributed by atoms with Crippen LogP contribution in [0.5, 0.6) is 0 Å². The second-order valence-corrected chi connectivity index (χ2v) is 7.71. The maximum Gasteiger partial charge on any atom is 0.142 e. The molecule has 1 N–H and O–H groups in total. The van der Waals surface area contributed by atoms with Crippen molar-refractivity contribution >= 4 is 23.8 Å². The molecular weight excluding hydrogens is 376 g/mol. The van der Waals surface area contributed by atoms with Crippen LogP contribution in [0.1, 0.15) is 27.8 Å². The van der Waals surface area contributed by atoms with Crippen LogP contribution in [-0.4, -0.2) is 5.11 Å². The smallest absolute Gasteiger partial charge is 0.142 e. The Morgan fingerprint density at radius 2 is 1.14 bits per heavy atom. The first-order valence-electron chi connectivity index (χ1n) is 9.63. The molecule has 1 aliphatic rings. The van der Waals surface area contributed by atoms with E-state index in [9.17, 15) is 5.11 Å². The fraction of sp³-hybridized carbons (Fsp3) is 0.0370. The summed E-state index contributed by atoms with van der Waals surface area (Å²) < 4.78 is 0. The van der Waals surface area contributed by atoms with Gasteiger partial charge in [0.05, 0.1) is 0 Å². The summed E-state index contributed by atoms with van der Waals surface area (Å²) in [4.78, 5) is 0. The maximum atomic E-state index is 12.5. The van der Waals surface area contributed by atoms with Crippen molar-refractivity contribution in [2.24, 2.45) is 0 Å². The predicted molar refractivity (Wildman–Crippen MR) is 121 cm³/mol. The Morgan fingerprint density at radius 3 is 1.76 bits per heavy atom. The third-order valence-corrected chi connectivity index (χ3v) is 5.83. The number of benzene rings is 4. The zero-order valence-electron chi connectivity index (χ0n) is 15.7. The standard InChI is InChI=1S/C27H19ClO/c28-22-11-7-10-21(18-22)23-12-3-6-15-26(23)27(29)24-13-4-1-8-19(24)16-17-20-9-2-5-14-25(20)27/h1-18,29H. The maximum absolute atomic E-state index is 12.5. The molecule has 0 radical (unpaired) electrons. The second kappa shape index (κ2) is 7.04. The van der Waals surface area contributed by atoms with Gasteiger partial charge in [-0.15, -0.1) is 0 Å². The summed E-state index contributed by atoms with van der Waals surface area (Å²) in [6.07, 6.45) is 4.16. The van der Waals surface area contributed by atoms with Crippen molar-refractivity contribution in [1.29, 1.82) is 0 Å². The topological polar surface area (TPSA) is 20.2 Å².